The third-order valence-corrected chi connectivity index (χ3v) is 7.39. The van der Waals surface area contributed by atoms with Crippen LogP contribution in [0, 0.1) is 0 Å². The number of amides is 3. The lowest BCUT2D eigenvalue weighted by Crippen LogP contribution is -2.46. The molecular formula is C28H32N8O4. The highest BCUT2D eigenvalue weighted by Gasteiger charge is 2.35. The summed E-state index contributed by atoms with van der Waals surface area (Å²) >= 11 is 0. The minimum atomic E-state index is -0.523. The molecule has 3 saturated heterocycles. The van der Waals surface area contributed by atoms with E-state index in [1.807, 2.05) is 12.1 Å². The van der Waals surface area contributed by atoms with Crippen molar-refractivity contribution >= 4 is 35.2 Å². The van der Waals surface area contributed by atoms with E-state index in [2.05, 4.69) is 27.4 Å². The van der Waals surface area contributed by atoms with Crippen LogP contribution in [0.3, 0.4) is 0 Å². The van der Waals surface area contributed by atoms with Crippen molar-refractivity contribution in [3.8, 4) is 11.4 Å². The Hall–Kier alpha value is -4.29. The van der Waals surface area contributed by atoms with Gasteiger partial charge >= 0.3 is 6.03 Å². The summed E-state index contributed by atoms with van der Waals surface area (Å²) in [6, 6.07) is 13.5. The number of nitrogens with one attached hydrogen (secondary N) is 2. The summed E-state index contributed by atoms with van der Waals surface area (Å²) in [5.74, 6) is 1.34. The van der Waals surface area contributed by atoms with Crippen LogP contribution in [0.4, 0.5) is 28.1 Å². The van der Waals surface area contributed by atoms with E-state index < -0.39 is 11.9 Å². The zero-order chi connectivity index (χ0) is 27.6. The Balaban J connectivity index is 1.21. The summed E-state index contributed by atoms with van der Waals surface area (Å²) in [5.41, 5.74) is 7.60. The van der Waals surface area contributed by atoms with Crippen LogP contribution in [-0.4, -0.2) is 78.0 Å². The van der Waals surface area contributed by atoms with Gasteiger partial charge in [0.25, 0.3) is 0 Å². The van der Waals surface area contributed by atoms with Crippen LogP contribution in [0.25, 0.3) is 11.4 Å². The van der Waals surface area contributed by atoms with Gasteiger partial charge in [0.05, 0.1) is 31.5 Å². The molecule has 2 aromatic carbocycles. The van der Waals surface area contributed by atoms with Gasteiger partial charge < -0.3 is 35.6 Å². The fraction of sp³-hybridized carbons (Fsp3) is 0.393. The number of hydrogen-bond donors (Lipinski definition) is 3. The van der Waals surface area contributed by atoms with Gasteiger partial charge in [0.1, 0.15) is 0 Å². The van der Waals surface area contributed by atoms with E-state index in [0.717, 1.165) is 31.5 Å². The van der Waals surface area contributed by atoms with Crippen molar-refractivity contribution in [3.63, 3.8) is 0 Å². The fourth-order valence-electron chi connectivity index (χ4n) is 5.27. The second-order valence-electron chi connectivity index (χ2n) is 10.3. The predicted octanol–water partition coefficient (Wildman–Crippen LogP) is 2.87. The molecule has 3 unspecified atom stereocenters. The lowest BCUT2D eigenvalue weighted by molar-refractivity contribution is 0.0299. The zero-order valence-corrected chi connectivity index (χ0v) is 22.2. The second kappa shape index (κ2) is 11.1. The maximum Gasteiger partial charge on any atom is 0.323 e. The number of anilines is 4. The van der Waals surface area contributed by atoms with Crippen LogP contribution < -0.4 is 26.2 Å². The predicted molar refractivity (Wildman–Crippen MR) is 151 cm³/mol. The van der Waals surface area contributed by atoms with Gasteiger partial charge in [-0.25, -0.2) is 4.79 Å². The monoisotopic (exact) mass is 544 g/mol. The summed E-state index contributed by atoms with van der Waals surface area (Å²) < 4.78 is 11.7. The largest absolute Gasteiger partial charge is 0.377 e. The quantitative estimate of drug-likeness (QED) is 0.426. The van der Waals surface area contributed by atoms with Gasteiger partial charge in [-0.1, -0.05) is 0 Å². The van der Waals surface area contributed by atoms with Crippen molar-refractivity contribution in [1.82, 2.24) is 15.0 Å². The highest BCUT2D eigenvalue weighted by Crippen LogP contribution is 2.30. The maximum absolute atomic E-state index is 12.5. The van der Waals surface area contributed by atoms with Gasteiger partial charge in [-0.15, -0.1) is 0 Å². The fourth-order valence-corrected chi connectivity index (χ4v) is 5.27. The van der Waals surface area contributed by atoms with Crippen molar-refractivity contribution in [2.45, 2.75) is 38.0 Å². The van der Waals surface area contributed by atoms with Gasteiger partial charge in [0.15, 0.2) is 5.82 Å². The van der Waals surface area contributed by atoms with Crippen molar-refractivity contribution in [2.75, 3.05) is 53.3 Å². The molecule has 4 heterocycles. The number of urea groups is 1. The Morgan fingerprint density at radius 1 is 0.900 bits per heavy atom. The molecule has 6 rings (SSSR count). The molecule has 0 saturated carbocycles. The number of benzene rings is 2. The number of hydrogen-bond acceptors (Lipinski definition) is 9. The molecule has 3 amide bonds. The molecule has 3 aromatic rings. The number of morpholine rings is 2. The molecule has 2 bridgehead atoms. The summed E-state index contributed by atoms with van der Waals surface area (Å²) in [6.07, 6.45) is 2.55. The molecular weight excluding hydrogens is 512 g/mol. The second-order valence-corrected chi connectivity index (χ2v) is 10.3. The number of nitrogens with two attached hydrogens (primary N) is 1. The van der Waals surface area contributed by atoms with Crippen LogP contribution in [-0.2, 0) is 9.47 Å². The van der Waals surface area contributed by atoms with Crippen molar-refractivity contribution in [2.24, 2.45) is 5.73 Å². The molecule has 1 aromatic heterocycles. The van der Waals surface area contributed by atoms with Gasteiger partial charge in [-0.2, -0.15) is 15.0 Å². The van der Waals surface area contributed by atoms with Crippen molar-refractivity contribution in [1.29, 1.82) is 0 Å². The normalized spacial score (nSPS) is 22.2. The number of aromatic nitrogens is 3. The van der Waals surface area contributed by atoms with Gasteiger partial charge in [-0.05, 0) is 68.3 Å². The molecule has 0 aliphatic carbocycles. The van der Waals surface area contributed by atoms with Gasteiger partial charge in [0.2, 0.25) is 17.8 Å². The van der Waals surface area contributed by atoms with E-state index in [4.69, 9.17) is 30.2 Å². The Bertz CT molecular complexity index is 1370. The molecule has 0 spiro atoms. The average molecular weight is 545 g/mol. The van der Waals surface area contributed by atoms with E-state index in [-0.39, 0.29) is 18.2 Å². The van der Waals surface area contributed by atoms with Crippen LogP contribution in [0.5, 0.6) is 0 Å². The van der Waals surface area contributed by atoms with E-state index in [0.29, 0.717) is 54.4 Å². The van der Waals surface area contributed by atoms with Gasteiger partial charge in [-0.3, -0.25) is 4.79 Å². The highest BCUT2D eigenvalue weighted by atomic mass is 16.5. The summed E-state index contributed by atoms with van der Waals surface area (Å²) in [5, 5.41) is 5.56. The number of fused-ring (bicyclic) bond motifs is 2. The number of ether oxygens (including phenoxy) is 2. The number of nitrogens with zero attached hydrogens (tertiary/aromatic N) is 5. The Morgan fingerprint density at radius 2 is 1.52 bits per heavy atom. The smallest absolute Gasteiger partial charge is 0.323 e. The third kappa shape index (κ3) is 5.68. The Kier molecular flexibility index (Phi) is 7.18. The van der Waals surface area contributed by atoms with Crippen LogP contribution >= 0.6 is 0 Å². The molecule has 3 aliphatic rings. The van der Waals surface area contributed by atoms with Crippen LogP contribution in [0.2, 0.25) is 0 Å². The molecule has 3 atom stereocenters. The van der Waals surface area contributed by atoms with Crippen LogP contribution in [0.1, 0.15) is 30.1 Å². The first-order valence-electron chi connectivity index (χ1n) is 13.5. The first kappa shape index (κ1) is 26.0. The topological polar surface area (TPSA) is 148 Å². The SMILES string of the molecule is CC1COCCN1c1nc(-c2ccc(NC(=O)Nc3ccc(C(N)=O)cc3)cc2)nc(N2CC3CCC(C2)O3)n1. The first-order valence-corrected chi connectivity index (χ1v) is 13.5. The highest BCUT2D eigenvalue weighted by molar-refractivity contribution is 6.00. The molecule has 3 aliphatic heterocycles. The molecule has 4 N–H and O–H groups in total. The lowest BCUT2D eigenvalue weighted by Gasteiger charge is -2.35. The molecule has 12 heteroatoms. The number of primary amides is 1. The van der Waals surface area contributed by atoms with Crippen molar-refractivity contribution < 1.29 is 19.1 Å². The Labute approximate surface area is 231 Å². The third-order valence-electron chi connectivity index (χ3n) is 7.39. The minimum absolute atomic E-state index is 0.148. The molecule has 40 heavy (non-hydrogen) atoms. The minimum Gasteiger partial charge on any atom is -0.377 e. The summed E-state index contributed by atoms with van der Waals surface area (Å²) in [4.78, 5) is 42.7. The van der Waals surface area contributed by atoms with Crippen molar-refractivity contribution in [3.05, 3.63) is 54.1 Å². The molecule has 3 fully saturated rings. The summed E-state index contributed by atoms with van der Waals surface area (Å²) in [6.45, 7) is 5.59. The lowest BCUT2D eigenvalue weighted by atomic mass is 10.2. The van der Waals surface area contributed by atoms with E-state index in [9.17, 15) is 9.59 Å². The molecule has 12 nitrogen and oxygen atoms in total. The van der Waals surface area contributed by atoms with E-state index >= 15 is 0 Å². The van der Waals surface area contributed by atoms with E-state index in [1.165, 1.54) is 0 Å². The molecule has 0 radical (unpaired) electrons. The molecule has 208 valence electrons. The average Bonchev–Trinajstić information content (AvgIpc) is 3.30. The number of carbonyl (C=O) groups is 2. The zero-order valence-electron chi connectivity index (χ0n) is 22.2. The van der Waals surface area contributed by atoms with Gasteiger partial charge in [0, 0.05) is 42.1 Å². The first-order chi connectivity index (χ1) is 19.4. The summed E-state index contributed by atoms with van der Waals surface area (Å²) in [7, 11) is 0. The Morgan fingerprint density at radius 3 is 2.15 bits per heavy atom. The van der Waals surface area contributed by atoms with E-state index in [1.54, 1.807) is 36.4 Å². The standard InChI is InChI=1S/C28H32N8O4/c1-17-16-39-13-12-36(17)27-33-25(32-26(34-27)35-14-22-10-11-23(15-35)40-22)19-4-8-21(9-5-19)31-28(38)30-20-6-2-18(3-7-20)24(29)37/h2-9,17,22-23H,10-16H2,1H3,(H2,29,37)(H2,30,31,38). The maximum atomic E-state index is 12.5. The number of rotatable bonds is 6. The van der Waals surface area contributed by atoms with Crippen LogP contribution in [0.15, 0.2) is 48.5 Å². The number of carbonyl (C=O) groups excluding carboxylic acids is 2.